The van der Waals surface area contributed by atoms with E-state index >= 15 is 0 Å². The zero-order valence-corrected chi connectivity index (χ0v) is 18.3. The molecule has 2 heterocycles. The predicted octanol–water partition coefficient (Wildman–Crippen LogP) is 5.26. The van der Waals surface area contributed by atoms with Gasteiger partial charge in [-0.15, -0.1) is 0 Å². The van der Waals surface area contributed by atoms with Crippen LogP contribution in [0.2, 0.25) is 0 Å². The van der Waals surface area contributed by atoms with Gasteiger partial charge in [0.1, 0.15) is 5.84 Å². The highest BCUT2D eigenvalue weighted by Crippen LogP contribution is 2.38. The van der Waals surface area contributed by atoms with Crippen molar-refractivity contribution in [2.45, 2.75) is 38.7 Å². The minimum atomic E-state index is -4.89. The Morgan fingerprint density at radius 2 is 1.85 bits per heavy atom. The topological polar surface area (TPSA) is 61.8 Å². The number of ketones is 1. The number of halogens is 6. The van der Waals surface area contributed by atoms with Crippen LogP contribution in [-0.4, -0.2) is 41.4 Å². The van der Waals surface area contributed by atoms with Crippen LogP contribution in [-0.2, 0) is 23.7 Å². The molecule has 0 unspecified atom stereocenters. The third-order valence-electron chi connectivity index (χ3n) is 5.27. The molecule has 0 saturated carbocycles. The summed E-state index contributed by atoms with van der Waals surface area (Å²) in [5.74, 6) is 0.235. The summed E-state index contributed by atoms with van der Waals surface area (Å²) in [5, 5.41) is 2.28. The number of piperidine rings is 1. The molecular formula is C21H21F6N3O2S. The number of nitrogens with one attached hydrogen (secondary N) is 1. The number of benzene rings is 1. The van der Waals surface area contributed by atoms with Crippen molar-refractivity contribution in [2.24, 2.45) is 10.9 Å². The van der Waals surface area contributed by atoms with E-state index in [-0.39, 0.29) is 41.7 Å². The number of hydrogen-bond donors (Lipinski definition) is 1. The Balaban J connectivity index is 1.67. The number of likely N-dealkylation sites (tertiary alicyclic amines) is 1. The van der Waals surface area contributed by atoms with Crippen molar-refractivity contribution in [3.8, 4) is 0 Å². The summed E-state index contributed by atoms with van der Waals surface area (Å²) < 4.78 is 78.7. The zero-order chi connectivity index (χ0) is 24.4. The van der Waals surface area contributed by atoms with E-state index in [9.17, 15) is 35.9 Å². The van der Waals surface area contributed by atoms with E-state index in [1.807, 2.05) is 6.08 Å². The van der Waals surface area contributed by atoms with Crippen molar-refractivity contribution in [1.29, 1.82) is 0 Å². The number of Topliss-reactive ketones (excluding diaryl/α,β-unsaturated/α-hetero) is 1. The molecule has 3 rings (SSSR count). The molecule has 0 spiro atoms. The van der Waals surface area contributed by atoms with Crippen molar-refractivity contribution in [3.05, 3.63) is 45.9 Å². The number of alkyl halides is 6. The molecule has 1 N–H and O–H groups in total. The monoisotopic (exact) mass is 493 g/mol. The first-order valence-corrected chi connectivity index (χ1v) is 10.9. The molecule has 0 aliphatic carbocycles. The zero-order valence-electron chi connectivity index (χ0n) is 17.5. The molecule has 0 bridgehead atoms. The molecule has 0 atom stereocenters. The van der Waals surface area contributed by atoms with Crippen molar-refractivity contribution in [1.82, 2.24) is 10.2 Å². The average Bonchev–Trinajstić information content (AvgIpc) is 3.05. The second-order valence-corrected chi connectivity index (χ2v) is 8.91. The van der Waals surface area contributed by atoms with Gasteiger partial charge in [0.05, 0.1) is 22.6 Å². The van der Waals surface area contributed by atoms with E-state index in [0.29, 0.717) is 42.7 Å². The fraction of sp³-hybridized carbons (Fsp3) is 0.476. The molecule has 33 heavy (non-hydrogen) atoms. The third-order valence-corrected chi connectivity index (χ3v) is 6.11. The first kappa shape index (κ1) is 25.3. The van der Waals surface area contributed by atoms with Gasteiger partial charge in [0.25, 0.3) is 5.24 Å². The van der Waals surface area contributed by atoms with E-state index in [0.717, 1.165) is 17.8 Å². The minimum absolute atomic E-state index is 0.0497. The number of hydrogen-bond acceptors (Lipinski definition) is 5. The molecule has 0 aromatic heterocycles. The Morgan fingerprint density at radius 1 is 1.18 bits per heavy atom. The molecule has 2 aliphatic rings. The number of carbonyl (C=O) groups excluding carboxylic acids is 2. The van der Waals surface area contributed by atoms with Crippen molar-refractivity contribution in [2.75, 3.05) is 19.6 Å². The van der Waals surface area contributed by atoms with Crippen LogP contribution in [0.25, 0.3) is 0 Å². The maximum Gasteiger partial charge on any atom is 0.416 e. The molecule has 2 fully saturated rings. The van der Waals surface area contributed by atoms with Gasteiger partial charge in [0.2, 0.25) is 0 Å². The van der Waals surface area contributed by atoms with Crippen molar-refractivity contribution >= 4 is 28.6 Å². The average molecular weight is 493 g/mol. The van der Waals surface area contributed by atoms with Crippen LogP contribution >= 0.6 is 11.8 Å². The van der Waals surface area contributed by atoms with Gasteiger partial charge in [-0.3, -0.25) is 19.5 Å². The van der Waals surface area contributed by atoms with Gasteiger partial charge in [-0.2, -0.15) is 26.3 Å². The molecule has 1 amide bonds. The van der Waals surface area contributed by atoms with Crippen LogP contribution in [0.4, 0.5) is 31.1 Å². The van der Waals surface area contributed by atoms with Crippen LogP contribution in [0.3, 0.4) is 0 Å². The van der Waals surface area contributed by atoms with Crippen LogP contribution in [0.15, 0.2) is 34.2 Å². The van der Waals surface area contributed by atoms with Crippen LogP contribution in [0.5, 0.6) is 0 Å². The lowest BCUT2D eigenvalue weighted by atomic mass is 9.95. The van der Waals surface area contributed by atoms with Crippen molar-refractivity contribution < 1.29 is 35.9 Å². The lowest BCUT2D eigenvalue weighted by Gasteiger charge is -2.31. The maximum absolute atomic E-state index is 13.4. The number of amidine groups is 1. The lowest BCUT2D eigenvalue weighted by Crippen LogP contribution is -2.33. The summed E-state index contributed by atoms with van der Waals surface area (Å²) in [6.07, 6.45) is -6.68. The fourth-order valence-corrected chi connectivity index (χ4v) is 4.46. The number of amides is 1. The van der Waals surface area contributed by atoms with E-state index in [2.05, 4.69) is 10.3 Å². The lowest BCUT2D eigenvalue weighted by molar-refractivity contribution is -0.143. The first-order valence-electron chi connectivity index (χ1n) is 10.1. The second-order valence-electron chi connectivity index (χ2n) is 7.89. The number of rotatable bonds is 5. The maximum atomic E-state index is 13.4. The van der Waals surface area contributed by atoms with E-state index in [1.165, 1.54) is 6.92 Å². The van der Waals surface area contributed by atoms with Crippen molar-refractivity contribution in [3.63, 3.8) is 0 Å². The molecule has 2 aliphatic heterocycles. The van der Waals surface area contributed by atoms with Gasteiger partial charge in [-0.1, -0.05) is 12.1 Å². The van der Waals surface area contributed by atoms with Gasteiger partial charge < -0.3 is 5.32 Å². The first-order chi connectivity index (χ1) is 15.3. The smallest absolute Gasteiger partial charge is 0.300 e. The molecule has 1 aromatic carbocycles. The van der Waals surface area contributed by atoms with Gasteiger partial charge in [-0.25, -0.2) is 0 Å². The highest BCUT2D eigenvalue weighted by molar-refractivity contribution is 8.18. The Bertz CT molecular complexity index is 979. The van der Waals surface area contributed by atoms with Gasteiger partial charge in [0, 0.05) is 6.54 Å². The third kappa shape index (κ3) is 6.83. The van der Waals surface area contributed by atoms with E-state index < -0.39 is 23.5 Å². The molecule has 0 radical (unpaired) electrons. The largest absolute Gasteiger partial charge is 0.416 e. The number of nitrogens with zero attached hydrogens (tertiary/aromatic N) is 2. The number of thioether (sulfide) groups is 1. The van der Waals surface area contributed by atoms with Crippen LogP contribution in [0, 0.1) is 5.92 Å². The number of carbonyl (C=O) groups is 2. The summed E-state index contributed by atoms with van der Waals surface area (Å²) in [6.45, 7) is 2.10. The quantitative estimate of drug-likeness (QED) is 0.569. The second kappa shape index (κ2) is 9.88. The molecule has 5 nitrogen and oxygen atoms in total. The highest BCUT2D eigenvalue weighted by Gasteiger charge is 2.38. The molecule has 2 saturated heterocycles. The predicted molar refractivity (Wildman–Crippen MR) is 112 cm³/mol. The fourth-order valence-electron chi connectivity index (χ4n) is 3.64. The SMILES string of the molecule is CC(=O)CN=C1NC(=O)S/C1=C\C1CCN(Cc2ccc(C(F)(F)F)cc2C(F)(F)F)CC1. The summed E-state index contributed by atoms with van der Waals surface area (Å²) in [5.41, 5.74) is -2.81. The highest BCUT2D eigenvalue weighted by atomic mass is 32.2. The van der Waals surface area contributed by atoms with Gasteiger partial charge >= 0.3 is 12.4 Å². The Hall–Kier alpha value is -2.34. The normalized spacial score (nSPS) is 21.1. The molecule has 1 aromatic rings. The van der Waals surface area contributed by atoms with Crippen LogP contribution in [0.1, 0.15) is 36.5 Å². The minimum Gasteiger partial charge on any atom is -0.300 e. The van der Waals surface area contributed by atoms with E-state index in [1.54, 1.807) is 4.90 Å². The molecular weight excluding hydrogens is 472 g/mol. The number of allylic oxidation sites excluding steroid dienone is 1. The Morgan fingerprint density at radius 3 is 2.42 bits per heavy atom. The summed E-state index contributed by atoms with van der Waals surface area (Å²) >= 11 is 0.969. The number of aliphatic imine (C=N–C) groups is 1. The standard InChI is InChI=1S/C21H21F6N3O2S/c1-12(31)10-28-18-17(33-19(32)29-18)8-13-4-6-30(7-5-13)11-14-2-3-15(20(22,23)24)9-16(14)21(25,26)27/h2-3,8-9,13H,4-7,10-11H2,1H3,(H,28,29,32)/b17-8-. The Labute approximate surface area is 190 Å². The molecule has 180 valence electrons. The molecule has 12 heteroatoms. The Kier molecular flexibility index (Phi) is 7.57. The van der Waals surface area contributed by atoms with E-state index in [4.69, 9.17) is 0 Å². The summed E-state index contributed by atoms with van der Waals surface area (Å²) in [7, 11) is 0. The van der Waals surface area contributed by atoms with Gasteiger partial charge in [0.15, 0.2) is 5.78 Å². The summed E-state index contributed by atoms with van der Waals surface area (Å²) in [4.78, 5) is 29.3. The summed E-state index contributed by atoms with van der Waals surface area (Å²) in [6, 6.07) is 1.73. The van der Waals surface area contributed by atoms with Gasteiger partial charge in [-0.05, 0) is 68.2 Å². The van der Waals surface area contributed by atoms with Crippen LogP contribution < -0.4 is 5.32 Å².